The van der Waals surface area contributed by atoms with Crippen molar-refractivity contribution in [3.8, 4) is 0 Å². The SMILES string of the molecule is CCOC(=O)C(O)=CC(=O)C(F)(F)F. The molecule has 0 saturated carbocycles. The first kappa shape index (κ1) is 12.5. The van der Waals surface area contributed by atoms with E-state index < -0.39 is 23.7 Å². The van der Waals surface area contributed by atoms with Crippen LogP contribution < -0.4 is 0 Å². The highest BCUT2D eigenvalue weighted by Crippen LogP contribution is 2.17. The molecule has 0 aliphatic rings. The molecule has 0 aliphatic heterocycles. The summed E-state index contributed by atoms with van der Waals surface area (Å²) in [5.41, 5.74) is 0. The summed E-state index contributed by atoms with van der Waals surface area (Å²) in [5.74, 6) is -5.05. The smallest absolute Gasteiger partial charge is 0.454 e. The van der Waals surface area contributed by atoms with Crippen molar-refractivity contribution < 1.29 is 32.6 Å². The number of aliphatic hydroxyl groups excluding tert-OH is 1. The van der Waals surface area contributed by atoms with Crippen LogP contribution in [0.3, 0.4) is 0 Å². The summed E-state index contributed by atoms with van der Waals surface area (Å²) in [6.07, 6.45) is -5.33. The largest absolute Gasteiger partial charge is 0.502 e. The van der Waals surface area contributed by atoms with E-state index in [4.69, 9.17) is 5.11 Å². The van der Waals surface area contributed by atoms with Crippen LogP contribution in [-0.4, -0.2) is 29.6 Å². The molecule has 1 N–H and O–H groups in total. The van der Waals surface area contributed by atoms with Crippen LogP contribution >= 0.6 is 0 Å². The fourth-order valence-electron chi connectivity index (χ4n) is 0.470. The first-order chi connectivity index (χ1) is 6.29. The van der Waals surface area contributed by atoms with Crippen LogP contribution in [0.25, 0.3) is 0 Å². The van der Waals surface area contributed by atoms with E-state index in [1.807, 2.05) is 0 Å². The lowest BCUT2D eigenvalue weighted by molar-refractivity contribution is -0.165. The van der Waals surface area contributed by atoms with E-state index in [0.717, 1.165) is 0 Å². The van der Waals surface area contributed by atoms with Crippen LogP contribution in [0.5, 0.6) is 0 Å². The minimum atomic E-state index is -5.11. The molecular formula is C7H7F3O4. The maximum Gasteiger partial charge on any atom is 0.454 e. The molecule has 0 atom stereocenters. The standard InChI is InChI=1S/C7H7F3O4/c1-2-14-6(13)4(11)3-5(12)7(8,9)10/h3,11H,2H2,1H3. The third-order valence-corrected chi connectivity index (χ3v) is 1.03. The van der Waals surface area contributed by atoms with E-state index in [-0.39, 0.29) is 12.7 Å². The second-order valence-corrected chi connectivity index (χ2v) is 2.11. The zero-order chi connectivity index (χ0) is 11.4. The van der Waals surface area contributed by atoms with Gasteiger partial charge in [-0.15, -0.1) is 0 Å². The summed E-state index contributed by atoms with van der Waals surface area (Å²) in [4.78, 5) is 20.8. The first-order valence-corrected chi connectivity index (χ1v) is 3.48. The van der Waals surface area contributed by atoms with Gasteiger partial charge in [0.05, 0.1) is 6.61 Å². The van der Waals surface area contributed by atoms with E-state index in [1.54, 1.807) is 0 Å². The maximum atomic E-state index is 11.6. The molecule has 0 aromatic rings. The number of allylic oxidation sites excluding steroid dienone is 1. The number of aliphatic hydroxyl groups is 1. The van der Waals surface area contributed by atoms with Gasteiger partial charge in [-0.05, 0) is 6.92 Å². The second kappa shape index (κ2) is 4.64. The molecule has 0 fully saturated rings. The Morgan fingerprint density at radius 2 is 1.93 bits per heavy atom. The molecule has 0 spiro atoms. The Balaban J connectivity index is 4.53. The highest BCUT2D eigenvalue weighted by molar-refractivity contribution is 6.00. The predicted molar refractivity (Wildman–Crippen MR) is 38.4 cm³/mol. The maximum absolute atomic E-state index is 11.6. The molecular weight excluding hydrogens is 205 g/mol. The van der Waals surface area contributed by atoms with Gasteiger partial charge in [-0.1, -0.05) is 0 Å². The van der Waals surface area contributed by atoms with Crippen LogP contribution in [0.2, 0.25) is 0 Å². The molecule has 0 bridgehead atoms. The molecule has 7 heteroatoms. The molecule has 0 unspecified atom stereocenters. The van der Waals surface area contributed by atoms with Crippen molar-refractivity contribution in [3.63, 3.8) is 0 Å². The van der Waals surface area contributed by atoms with Crippen molar-refractivity contribution in [1.82, 2.24) is 0 Å². The summed E-state index contributed by atoms with van der Waals surface area (Å²) in [6.45, 7) is 1.29. The molecule has 0 saturated heterocycles. The van der Waals surface area contributed by atoms with Gasteiger partial charge in [0, 0.05) is 6.08 Å². The first-order valence-electron chi connectivity index (χ1n) is 3.48. The minimum absolute atomic E-state index is 0.114. The molecule has 14 heavy (non-hydrogen) atoms. The molecule has 0 amide bonds. The third kappa shape index (κ3) is 3.92. The average molecular weight is 212 g/mol. The topological polar surface area (TPSA) is 63.6 Å². The Bertz CT molecular complexity index is 267. The van der Waals surface area contributed by atoms with Crippen LogP contribution in [0.1, 0.15) is 6.92 Å². The Labute approximate surface area is 77.0 Å². The highest BCUT2D eigenvalue weighted by Gasteiger charge is 2.37. The number of halogens is 3. The molecule has 0 radical (unpaired) electrons. The molecule has 4 nitrogen and oxygen atoms in total. The van der Waals surface area contributed by atoms with Gasteiger partial charge >= 0.3 is 12.1 Å². The lowest BCUT2D eigenvalue weighted by Gasteiger charge is -2.02. The normalized spacial score (nSPS) is 12.4. The summed E-state index contributed by atoms with van der Waals surface area (Å²) in [7, 11) is 0. The van der Waals surface area contributed by atoms with E-state index in [1.165, 1.54) is 6.92 Å². The van der Waals surface area contributed by atoms with Crippen LogP contribution in [0, 0.1) is 0 Å². The van der Waals surface area contributed by atoms with Crippen molar-refractivity contribution in [2.75, 3.05) is 6.61 Å². The number of carbonyl (C=O) groups is 2. The molecule has 0 heterocycles. The number of hydrogen-bond acceptors (Lipinski definition) is 4. The Hall–Kier alpha value is -1.53. The molecule has 0 aromatic carbocycles. The Morgan fingerprint density at radius 3 is 2.29 bits per heavy atom. The number of esters is 1. The average Bonchev–Trinajstić information content (AvgIpc) is 2.02. The fraction of sp³-hybridized carbons (Fsp3) is 0.429. The number of ether oxygens (including phenoxy) is 1. The van der Waals surface area contributed by atoms with Crippen molar-refractivity contribution in [2.45, 2.75) is 13.1 Å². The third-order valence-electron chi connectivity index (χ3n) is 1.03. The zero-order valence-electron chi connectivity index (χ0n) is 7.09. The van der Waals surface area contributed by atoms with Crippen molar-refractivity contribution in [3.05, 3.63) is 11.8 Å². The van der Waals surface area contributed by atoms with E-state index in [9.17, 15) is 22.8 Å². The Kier molecular flexibility index (Phi) is 4.13. The number of ketones is 1. The van der Waals surface area contributed by atoms with Gasteiger partial charge in [-0.2, -0.15) is 13.2 Å². The van der Waals surface area contributed by atoms with E-state index >= 15 is 0 Å². The summed E-state index contributed by atoms with van der Waals surface area (Å²) >= 11 is 0. The van der Waals surface area contributed by atoms with Gasteiger partial charge in [0.25, 0.3) is 5.78 Å². The molecule has 0 aliphatic carbocycles. The molecule has 0 aromatic heterocycles. The number of carbonyl (C=O) groups excluding carboxylic acids is 2. The van der Waals surface area contributed by atoms with Crippen LogP contribution in [0.15, 0.2) is 11.8 Å². The van der Waals surface area contributed by atoms with E-state index in [0.29, 0.717) is 0 Å². The monoisotopic (exact) mass is 212 g/mol. The van der Waals surface area contributed by atoms with Gasteiger partial charge in [0.15, 0.2) is 0 Å². The van der Waals surface area contributed by atoms with Gasteiger partial charge in [-0.3, -0.25) is 4.79 Å². The van der Waals surface area contributed by atoms with Gasteiger partial charge in [0.1, 0.15) is 0 Å². The zero-order valence-corrected chi connectivity index (χ0v) is 7.09. The molecule has 0 rings (SSSR count). The van der Waals surface area contributed by atoms with Gasteiger partial charge in [0.2, 0.25) is 5.76 Å². The van der Waals surface area contributed by atoms with Crippen molar-refractivity contribution in [1.29, 1.82) is 0 Å². The Morgan fingerprint density at radius 1 is 1.43 bits per heavy atom. The summed E-state index contributed by atoms with van der Waals surface area (Å²) in [5, 5.41) is 8.65. The predicted octanol–water partition coefficient (Wildman–Crippen LogP) is 1.12. The summed E-state index contributed by atoms with van der Waals surface area (Å²) in [6, 6.07) is 0. The highest BCUT2D eigenvalue weighted by atomic mass is 19.4. The second-order valence-electron chi connectivity index (χ2n) is 2.11. The lowest BCUT2D eigenvalue weighted by Crippen LogP contribution is -2.22. The fourth-order valence-corrected chi connectivity index (χ4v) is 0.470. The van der Waals surface area contributed by atoms with Crippen molar-refractivity contribution in [2.24, 2.45) is 0 Å². The van der Waals surface area contributed by atoms with Crippen molar-refractivity contribution >= 4 is 11.8 Å². The molecule has 80 valence electrons. The lowest BCUT2D eigenvalue weighted by atomic mass is 10.3. The minimum Gasteiger partial charge on any atom is -0.502 e. The number of hydrogen-bond donors (Lipinski definition) is 1. The van der Waals surface area contributed by atoms with Crippen LogP contribution in [-0.2, 0) is 14.3 Å². The quantitative estimate of drug-likeness (QED) is 0.432. The number of rotatable bonds is 3. The number of alkyl halides is 3. The summed E-state index contributed by atoms with van der Waals surface area (Å²) < 4.78 is 38.9. The van der Waals surface area contributed by atoms with Gasteiger partial charge in [-0.25, -0.2) is 4.79 Å². The van der Waals surface area contributed by atoms with E-state index in [2.05, 4.69) is 4.74 Å². The van der Waals surface area contributed by atoms with Crippen LogP contribution in [0.4, 0.5) is 13.2 Å². The van der Waals surface area contributed by atoms with Gasteiger partial charge < -0.3 is 9.84 Å².